The van der Waals surface area contributed by atoms with Crippen LogP contribution in [0.3, 0.4) is 0 Å². The molecule has 0 bridgehead atoms. The highest BCUT2D eigenvalue weighted by molar-refractivity contribution is 6.30. The topological polar surface area (TPSA) is 12.0 Å². The Morgan fingerprint density at radius 2 is 1.52 bits per heavy atom. The minimum absolute atomic E-state index is 0.383. The first-order valence-electron chi connectivity index (χ1n) is 7.61. The number of hydrogen-bond acceptors (Lipinski definition) is 1. The first kappa shape index (κ1) is 16.1. The Morgan fingerprint density at radius 3 is 2.10 bits per heavy atom. The number of nitrogens with one attached hydrogen (secondary N) is 1. The Bertz CT molecular complexity index is 533. The van der Waals surface area contributed by atoms with E-state index >= 15 is 0 Å². The van der Waals surface area contributed by atoms with Gasteiger partial charge in [0.1, 0.15) is 0 Å². The molecule has 0 aliphatic carbocycles. The van der Waals surface area contributed by atoms with Crippen molar-refractivity contribution in [2.45, 2.75) is 39.3 Å². The summed E-state index contributed by atoms with van der Waals surface area (Å²) in [5.41, 5.74) is 2.67. The maximum atomic E-state index is 5.94. The van der Waals surface area contributed by atoms with Crippen LogP contribution in [-0.2, 0) is 6.42 Å². The summed E-state index contributed by atoms with van der Waals surface area (Å²) < 4.78 is 0. The summed E-state index contributed by atoms with van der Waals surface area (Å²) in [5, 5.41) is 4.56. The van der Waals surface area contributed by atoms with Gasteiger partial charge in [-0.15, -0.1) is 0 Å². The minimum atomic E-state index is 0.383. The summed E-state index contributed by atoms with van der Waals surface area (Å²) >= 11 is 5.94. The van der Waals surface area contributed by atoms with Crippen molar-refractivity contribution < 1.29 is 0 Å². The van der Waals surface area contributed by atoms with Gasteiger partial charge in [0, 0.05) is 17.1 Å². The average molecular weight is 302 g/mol. The SMILES string of the molecule is CC(Cc1ccc(Cl)cc1)NC(c1ccccc1)C(C)C. The van der Waals surface area contributed by atoms with Crippen LogP contribution in [0.4, 0.5) is 0 Å². The third-order valence-corrected chi connectivity index (χ3v) is 4.00. The second-order valence-corrected chi connectivity index (χ2v) is 6.47. The maximum absolute atomic E-state index is 5.94. The van der Waals surface area contributed by atoms with Crippen molar-refractivity contribution in [2.75, 3.05) is 0 Å². The lowest BCUT2D eigenvalue weighted by atomic mass is 9.94. The Balaban J connectivity index is 2.02. The molecule has 0 saturated heterocycles. The van der Waals surface area contributed by atoms with Crippen molar-refractivity contribution >= 4 is 11.6 Å². The quantitative estimate of drug-likeness (QED) is 0.767. The Morgan fingerprint density at radius 1 is 0.905 bits per heavy atom. The van der Waals surface area contributed by atoms with E-state index in [-0.39, 0.29) is 0 Å². The molecule has 0 amide bonds. The molecule has 0 saturated carbocycles. The highest BCUT2D eigenvalue weighted by Gasteiger charge is 2.17. The van der Waals surface area contributed by atoms with Gasteiger partial charge in [0.25, 0.3) is 0 Å². The standard InChI is InChI=1S/C19H24ClN/c1-14(2)19(17-7-5-4-6-8-17)21-15(3)13-16-9-11-18(20)12-10-16/h4-12,14-15,19,21H,13H2,1-3H3. The summed E-state index contributed by atoms with van der Waals surface area (Å²) in [6, 6.07) is 19.6. The fourth-order valence-corrected chi connectivity index (χ4v) is 2.80. The smallest absolute Gasteiger partial charge is 0.0406 e. The highest BCUT2D eigenvalue weighted by atomic mass is 35.5. The van der Waals surface area contributed by atoms with Gasteiger partial charge in [0.2, 0.25) is 0 Å². The van der Waals surface area contributed by atoms with E-state index in [9.17, 15) is 0 Å². The van der Waals surface area contributed by atoms with E-state index in [0.29, 0.717) is 18.0 Å². The number of rotatable bonds is 6. The van der Waals surface area contributed by atoms with E-state index in [1.165, 1.54) is 11.1 Å². The van der Waals surface area contributed by atoms with Crippen LogP contribution in [0.2, 0.25) is 5.02 Å². The van der Waals surface area contributed by atoms with Crippen LogP contribution < -0.4 is 5.32 Å². The lowest BCUT2D eigenvalue weighted by molar-refractivity contribution is 0.368. The van der Waals surface area contributed by atoms with Crippen molar-refractivity contribution in [2.24, 2.45) is 5.92 Å². The minimum Gasteiger partial charge on any atom is -0.307 e. The van der Waals surface area contributed by atoms with Gasteiger partial charge in [-0.2, -0.15) is 0 Å². The van der Waals surface area contributed by atoms with Gasteiger partial charge in [0.15, 0.2) is 0 Å². The molecule has 0 aliphatic heterocycles. The summed E-state index contributed by atoms with van der Waals surface area (Å²) in [5.74, 6) is 0.556. The zero-order valence-corrected chi connectivity index (χ0v) is 13.8. The van der Waals surface area contributed by atoms with E-state index in [2.05, 4.69) is 68.6 Å². The lowest BCUT2D eigenvalue weighted by Gasteiger charge is -2.27. The summed E-state index contributed by atoms with van der Waals surface area (Å²) in [7, 11) is 0. The van der Waals surface area contributed by atoms with Crippen LogP contribution in [-0.4, -0.2) is 6.04 Å². The molecule has 2 aromatic rings. The molecule has 2 unspecified atom stereocenters. The predicted molar refractivity (Wildman–Crippen MR) is 91.8 cm³/mol. The van der Waals surface area contributed by atoms with Crippen LogP contribution in [0.25, 0.3) is 0 Å². The zero-order chi connectivity index (χ0) is 15.2. The Kier molecular flexibility index (Phi) is 5.84. The molecule has 21 heavy (non-hydrogen) atoms. The van der Waals surface area contributed by atoms with Crippen molar-refractivity contribution in [3.63, 3.8) is 0 Å². The van der Waals surface area contributed by atoms with Crippen molar-refractivity contribution in [1.29, 1.82) is 0 Å². The molecule has 1 nitrogen and oxygen atoms in total. The predicted octanol–water partition coefficient (Wildman–Crippen LogP) is 5.26. The molecule has 2 atom stereocenters. The van der Waals surface area contributed by atoms with E-state index in [0.717, 1.165) is 11.4 Å². The van der Waals surface area contributed by atoms with Gasteiger partial charge in [-0.05, 0) is 42.5 Å². The van der Waals surface area contributed by atoms with E-state index in [1.807, 2.05) is 12.1 Å². The monoisotopic (exact) mass is 301 g/mol. The normalized spacial score (nSPS) is 14.1. The largest absolute Gasteiger partial charge is 0.307 e. The molecule has 0 aliphatic rings. The molecule has 1 N–H and O–H groups in total. The molecular weight excluding hydrogens is 278 g/mol. The van der Waals surface area contributed by atoms with Crippen LogP contribution in [0, 0.1) is 5.92 Å². The first-order chi connectivity index (χ1) is 10.1. The van der Waals surface area contributed by atoms with Gasteiger partial charge in [-0.3, -0.25) is 0 Å². The molecule has 0 radical (unpaired) electrons. The summed E-state index contributed by atoms with van der Waals surface area (Å²) in [6.07, 6.45) is 1.01. The average Bonchev–Trinajstić information content (AvgIpc) is 2.48. The third-order valence-electron chi connectivity index (χ3n) is 3.74. The van der Waals surface area contributed by atoms with E-state index in [1.54, 1.807) is 0 Å². The highest BCUT2D eigenvalue weighted by Crippen LogP contribution is 2.22. The Hall–Kier alpha value is -1.31. The fourth-order valence-electron chi connectivity index (χ4n) is 2.67. The van der Waals surface area contributed by atoms with Gasteiger partial charge >= 0.3 is 0 Å². The molecule has 0 spiro atoms. The summed E-state index contributed by atoms with van der Waals surface area (Å²) in [6.45, 7) is 6.77. The molecule has 2 rings (SSSR count). The van der Waals surface area contributed by atoms with Crippen molar-refractivity contribution in [3.8, 4) is 0 Å². The second-order valence-electron chi connectivity index (χ2n) is 6.03. The first-order valence-corrected chi connectivity index (χ1v) is 7.99. The van der Waals surface area contributed by atoms with Crippen LogP contribution >= 0.6 is 11.6 Å². The molecule has 112 valence electrons. The van der Waals surface area contributed by atoms with Gasteiger partial charge in [-0.25, -0.2) is 0 Å². The molecule has 2 aromatic carbocycles. The molecule has 0 fully saturated rings. The number of halogens is 1. The number of benzene rings is 2. The molecule has 0 aromatic heterocycles. The third kappa shape index (κ3) is 4.87. The molecular formula is C19H24ClN. The lowest BCUT2D eigenvalue weighted by Crippen LogP contribution is -2.34. The van der Waals surface area contributed by atoms with Crippen molar-refractivity contribution in [1.82, 2.24) is 5.32 Å². The van der Waals surface area contributed by atoms with Crippen LogP contribution in [0.1, 0.15) is 37.9 Å². The maximum Gasteiger partial charge on any atom is 0.0406 e. The van der Waals surface area contributed by atoms with Gasteiger partial charge in [0.05, 0.1) is 0 Å². The van der Waals surface area contributed by atoms with Crippen LogP contribution in [0.5, 0.6) is 0 Å². The van der Waals surface area contributed by atoms with Crippen molar-refractivity contribution in [3.05, 3.63) is 70.7 Å². The fraction of sp³-hybridized carbons (Fsp3) is 0.368. The number of hydrogen-bond donors (Lipinski definition) is 1. The summed E-state index contributed by atoms with van der Waals surface area (Å²) in [4.78, 5) is 0. The molecule has 0 heterocycles. The van der Waals surface area contributed by atoms with E-state index < -0.39 is 0 Å². The van der Waals surface area contributed by atoms with Gasteiger partial charge in [-0.1, -0.05) is 67.9 Å². The Labute approximate surface area is 133 Å². The molecule has 2 heteroatoms. The van der Waals surface area contributed by atoms with Crippen LogP contribution in [0.15, 0.2) is 54.6 Å². The van der Waals surface area contributed by atoms with E-state index in [4.69, 9.17) is 11.6 Å². The van der Waals surface area contributed by atoms with Gasteiger partial charge < -0.3 is 5.32 Å². The zero-order valence-electron chi connectivity index (χ0n) is 13.0. The second kappa shape index (κ2) is 7.63.